The standard InChI is InChI=1S/C23H19N3O5/c1-23(16-7-5-15-11-18(29-2)8-6-14(15)10-16)21(27)26(22(28)24-23)13-17-12-20(31-25-17)19-4-3-9-30-19/h3-12H,13H2,1-2H3,(H,24,28). The number of nitrogens with zero attached hydrogens (tertiary/aromatic N) is 2. The lowest BCUT2D eigenvalue weighted by molar-refractivity contribution is -0.131. The van der Waals surface area contributed by atoms with E-state index in [4.69, 9.17) is 13.7 Å². The monoisotopic (exact) mass is 417 g/mol. The highest BCUT2D eigenvalue weighted by Crippen LogP contribution is 2.33. The van der Waals surface area contributed by atoms with Crippen molar-refractivity contribution in [2.24, 2.45) is 0 Å². The van der Waals surface area contributed by atoms with E-state index >= 15 is 0 Å². The number of methoxy groups -OCH3 is 1. The molecule has 2 aromatic heterocycles. The van der Waals surface area contributed by atoms with Crippen LogP contribution < -0.4 is 10.1 Å². The van der Waals surface area contributed by atoms with Gasteiger partial charge in [-0.15, -0.1) is 0 Å². The van der Waals surface area contributed by atoms with Crippen molar-refractivity contribution in [3.05, 3.63) is 72.1 Å². The number of furan rings is 1. The van der Waals surface area contributed by atoms with Gasteiger partial charge >= 0.3 is 6.03 Å². The molecule has 4 aromatic rings. The van der Waals surface area contributed by atoms with Gasteiger partial charge in [-0.3, -0.25) is 9.69 Å². The normalized spacial score (nSPS) is 18.6. The van der Waals surface area contributed by atoms with Gasteiger partial charge in [0.05, 0.1) is 19.9 Å². The summed E-state index contributed by atoms with van der Waals surface area (Å²) in [5.41, 5.74) is -0.0362. The summed E-state index contributed by atoms with van der Waals surface area (Å²) in [4.78, 5) is 27.1. The van der Waals surface area contributed by atoms with Crippen LogP contribution in [0.2, 0.25) is 0 Å². The molecule has 1 unspecified atom stereocenters. The van der Waals surface area contributed by atoms with Crippen molar-refractivity contribution >= 4 is 22.7 Å². The van der Waals surface area contributed by atoms with E-state index in [1.165, 1.54) is 6.26 Å². The molecule has 31 heavy (non-hydrogen) atoms. The van der Waals surface area contributed by atoms with Crippen molar-refractivity contribution in [3.63, 3.8) is 0 Å². The molecule has 1 aliphatic rings. The molecule has 3 amide bonds. The maximum absolute atomic E-state index is 13.3. The summed E-state index contributed by atoms with van der Waals surface area (Å²) in [5.74, 6) is 1.35. The van der Waals surface area contributed by atoms with Crippen LogP contribution in [0.4, 0.5) is 4.79 Å². The van der Waals surface area contributed by atoms with Crippen molar-refractivity contribution in [2.75, 3.05) is 7.11 Å². The summed E-state index contributed by atoms with van der Waals surface area (Å²) >= 11 is 0. The maximum atomic E-state index is 13.3. The van der Waals surface area contributed by atoms with Gasteiger partial charge in [0.2, 0.25) is 5.76 Å². The molecule has 1 saturated heterocycles. The van der Waals surface area contributed by atoms with Crippen molar-refractivity contribution in [1.82, 2.24) is 15.4 Å². The third-order valence-corrected chi connectivity index (χ3v) is 5.54. The number of ether oxygens (including phenoxy) is 1. The fraction of sp³-hybridized carbons (Fsp3) is 0.174. The lowest BCUT2D eigenvalue weighted by atomic mass is 9.90. The number of imide groups is 1. The summed E-state index contributed by atoms with van der Waals surface area (Å²) in [6.07, 6.45) is 1.53. The average Bonchev–Trinajstić information content (AvgIpc) is 3.51. The number of nitrogens with one attached hydrogen (secondary N) is 1. The first-order valence-electron chi connectivity index (χ1n) is 9.70. The number of carbonyl (C=O) groups is 2. The molecule has 8 heteroatoms. The van der Waals surface area contributed by atoms with Gasteiger partial charge in [-0.25, -0.2) is 4.79 Å². The van der Waals surface area contributed by atoms with Crippen molar-refractivity contribution in [3.8, 4) is 17.3 Å². The Kier molecular flexibility index (Phi) is 4.28. The molecule has 3 heterocycles. The number of hydrogen-bond donors (Lipinski definition) is 1. The fourth-order valence-electron chi connectivity index (χ4n) is 3.78. The third-order valence-electron chi connectivity index (χ3n) is 5.54. The Hall–Kier alpha value is -4.07. The minimum absolute atomic E-state index is 0.00472. The van der Waals surface area contributed by atoms with Crippen molar-refractivity contribution in [1.29, 1.82) is 0 Å². The summed E-state index contributed by atoms with van der Waals surface area (Å²) in [7, 11) is 1.62. The molecule has 2 aromatic carbocycles. The average molecular weight is 417 g/mol. The molecule has 0 saturated carbocycles. The number of carbonyl (C=O) groups excluding carboxylic acids is 2. The number of benzene rings is 2. The highest BCUT2D eigenvalue weighted by atomic mass is 16.5. The molecular formula is C23H19N3O5. The first-order valence-corrected chi connectivity index (χ1v) is 9.70. The highest BCUT2D eigenvalue weighted by molar-refractivity contribution is 6.07. The Morgan fingerprint density at radius 2 is 1.87 bits per heavy atom. The predicted octanol–water partition coefficient (Wildman–Crippen LogP) is 4.06. The SMILES string of the molecule is COc1ccc2cc(C3(C)NC(=O)N(Cc4cc(-c5ccco5)on4)C3=O)ccc2c1. The second-order valence-corrected chi connectivity index (χ2v) is 7.53. The van der Waals surface area contributed by atoms with E-state index in [9.17, 15) is 9.59 Å². The smallest absolute Gasteiger partial charge is 0.325 e. The molecule has 156 valence electrons. The van der Waals surface area contributed by atoms with E-state index < -0.39 is 11.6 Å². The van der Waals surface area contributed by atoms with E-state index in [0.717, 1.165) is 21.4 Å². The Labute approximate surface area is 177 Å². The molecule has 1 atom stereocenters. The zero-order valence-corrected chi connectivity index (χ0v) is 16.9. The van der Waals surface area contributed by atoms with Gasteiger partial charge in [-0.1, -0.05) is 23.4 Å². The van der Waals surface area contributed by atoms with Crippen molar-refractivity contribution < 1.29 is 23.3 Å². The van der Waals surface area contributed by atoms with Gasteiger partial charge in [-0.05, 0) is 53.6 Å². The van der Waals surface area contributed by atoms with Gasteiger partial charge in [-0.2, -0.15) is 0 Å². The lowest BCUT2D eigenvalue weighted by Gasteiger charge is -2.22. The third kappa shape index (κ3) is 3.13. The predicted molar refractivity (Wildman–Crippen MR) is 111 cm³/mol. The summed E-state index contributed by atoms with van der Waals surface area (Å²) in [6.45, 7) is 1.70. The van der Waals surface area contributed by atoms with Crippen LogP contribution in [-0.2, 0) is 16.9 Å². The number of hydrogen-bond acceptors (Lipinski definition) is 6. The van der Waals surface area contributed by atoms with Crippen LogP contribution in [0.15, 0.2) is 69.8 Å². The van der Waals surface area contributed by atoms with E-state index in [-0.39, 0.29) is 12.5 Å². The second kappa shape index (κ2) is 7.02. The highest BCUT2D eigenvalue weighted by Gasteiger charge is 2.49. The summed E-state index contributed by atoms with van der Waals surface area (Å²) in [6, 6.07) is 16.0. The number of fused-ring (bicyclic) bond motifs is 1. The quantitative estimate of drug-likeness (QED) is 0.492. The summed E-state index contributed by atoms with van der Waals surface area (Å²) in [5, 5.41) is 8.71. The van der Waals surface area contributed by atoms with Gasteiger partial charge in [0.15, 0.2) is 5.76 Å². The zero-order valence-electron chi connectivity index (χ0n) is 16.9. The lowest BCUT2D eigenvalue weighted by Crippen LogP contribution is -2.40. The Morgan fingerprint density at radius 1 is 1.06 bits per heavy atom. The molecule has 1 fully saturated rings. The van der Waals surface area contributed by atoms with Crippen LogP contribution >= 0.6 is 0 Å². The van der Waals surface area contributed by atoms with Crippen LogP contribution in [-0.4, -0.2) is 29.1 Å². The van der Waals surface area contributed by atoms with Crippen LogP contribution in [0.25, 0.3) is 22.3 Å². The van der Waals surface area contributed by atoms with Gasteiger partial charge in [0.25, 0.3) is 5.91 Å². The minimum atomic E-state index is -1.18. The Bertz CT molecular complexity index is 1290. The second-order valence-electron chi connectivity index (χ2n) is 7.53. The largest absolute Gasteiger partial charge is 0.497 e. The van der Waals surface area contributed by atoms with Crippen LogP contribution in [0.1, 0.15) is 18.2 Å². The molecule has 5 rings (SSSR count). The molecule has 0 spiro atoms. The molecule has 1 aliphatic heterocycles. The maximum Gasteiger partial charge on any atom is 0.325 e. The Morgan fingerprint density at radius 3 is 2.65 bits per heavy atom. The van der Waals surface area contributed by atoms with Gasteiger partial charge < -0.3 is 19.0 Å². The van der Waals surface area contributed by atoms with E-state index in [1.807, 2.05) is 36.4 Å². The molecule has 8 nitrogen and oxygen atoms in total. The number of rotatable bonds is 5. The van der Waals surface area contributed by atoms with E-state index in [1.54, 1.807) is 32.2 Å². The zero-order chi connectivity index (χ0) is 21.6. The number of aromatic nitrogens is 1. The topological polar surface area (TPSA) is 97.8 Å². The summed E-state index contributed by atoms with van der Waals surface area (Å²) < 4.78 is 15.8. The Balaban J connectivity index is 1.42. The van der Waals surface area contributed by atoms with Crippen molar-refractivity contribution in [2.45, 2.75) is 19.0 Å². The van der Waals surface area contributed by atoms with Crippen LogP contribution in [0.5, 0.6) is 5.75 Å². The van der Waals surface area contributed by atoms with E-state index in [0.29, 0.717) is 22.8 Å². The van der Waals surface area contributed by atoms with Gasteiger partial charge in [0.1, 0.15) is 17.0 Å². The molecule has 0 bridgehead atoms. The molecular weight excluding hydrogens is 398 g/mol. The number of urea groups is 1. The number of amides is 3. The van der Waals surface area contributed by atoms with Crippen LogP contribution in [0, 0.1) is 0 Å². The molecule has 1 N–H and O–H groups in total. The van der Waals surface area contributed by atoms with Gasteiger partial charge in [0, 0.05) is 6.07 Å². The molecule has 0 radical (unpaired) electrons. The van der Waals surface area contributed by atoms with Crippen LogP contribution in [0.3, 0.4) is 0 Å². The fourth-order valence-corrected chi connectivity index (χ4v) is 3.78. The first-order chi connectivity index (χ1) is 15.0. The first kappa shape index (κ1) is 18.9. The van der Waals surface area contributed by atoms with E-state index in [2.05, 4.69) is 10.5 Å². The molecule has 0 aliphatic carbocycles. The minimum Gasteiger partial charge on any atom is -0.497 e.